The standard InChI is InChI=1S/C24H47ClO11/c25-5-3-1-2-4-6-28-7-8-29-9-10-30-11-12-31-13-14-32-15-16-33-17-18-34-19-20-35-21-22-36-23-24(26)27/h1-23H2,(H,26,27). The summed E-state index contributed by atoms with van der Waals surface area (Å²) in [5.74, 6) is -0.251. The van der Waals surface area contributed by atoms with Crippen molar-refractivity contribution in [1.29, 1.82) is 0 Å². The van der Waals surface area contributed by atoms with Crippen LogP contribution in [-0.4, -0.2) is 136 Å². The Hall–Kier alpha value is -0.600. The van der Waals surface area contributed by atoms with Gasteiger partial charge in [-0.1, -0.05) is 12.8 Å². The predicted octanol–water partition coefficient (Wildman–Crippen LogP) is 2.02. The second-order valence-electron chi connectivity index (χ2n) is 7.45. The molecule has 0 aromatic rings. The van der Waals surface area contributed by atoms with Crippen molar-refractivity contribution in [2.45, 2.75) is 25.7 Å². The highest BCUT2D eigenvalue weighted by Crippen LogP contribution is 2.01. The largest absolute Gasteiger partial charge is 0.480 e. The van der Waals surface area contributed by atoms with Crippen LogP contribution in [0.5, 0.6) is 0 Å². The van der Waals surface area contributed by atoms with E-state index < -0.39 is 5.97 Å². The van der Waals surface area contributed by atoms with Crippen molar-refractivity contribution in [2.24, 2.45) is 0 Å². The lowest BCUT2D eigenvalue weighted by atomic mass is 10.2. The fourth-order valence-corrected chi connectivity index (χ4v) is 2.76. The van der Waals surface area contributed by atoms with Crippen LogP contribution < -0.4 is 0 Å². The Kier molecular flexibility index (Phi) is 31.9. The summed E-state index contributed by atoms with van der Waals surface area (Å²) < 4.78 is 48.1. The smallest absolute Gasteiger partial charge is 0.329 e. The maximum absolute atomic E-state index is 10.2. The van der Waals surface area contributed by atoms with E-state index in [4.69, 9.17) is 59.3 Å². The summed E-state index contributed by atoms with van der Waals surface area (Å²) in [6.07, 6.45) is 4.48. The highest BCUT2D eigenvalue weighted by atomic mass is 35.5. The van der Waals surface area contributed by atoms with Gasteiger partial charge in [-0.2, -0.15) is 0 Å². The maximum atomic E-state index is 10.2. The molecule has 0 unspecified atom stereocenters. The number of aliphatic carboxylic acids is 1. The van der Waals surface area contributed by atoms with Gasteiger partial charge in [-0.15, -0.1) is 11.6 Å². The van der Waals surface area contributed by atoms with Gasteiger partial charge in [0.15, 0.2) is 0 Å². The number of alkyl halides is 1. The van der Waals surface area contributed by atoms with E-state index in [0.717, 1.165) is 31.7 Å². The summed E-state index contributed by atoms with van der Waals surface area (Å²) >= 11 is 5.63. The molecule has 0 saturated heterocycles. The Morgan fingerprint density at radius 1 is 0.417 bits per heavy atom. The van der Waals surface area contributed by atoms with Crippen LogP contribution >= 0.6 is 11.6 Å². The van der Waals surface area contributed by atoms with E-state index in [0.29, 0.717) is 99.1 Å². The summed E-state index contributed by atoms with van der Waals surface area (Å²) in [5, 5.41) is 8.40. The molecule has 1 N–H and O–H groups in total. The first-order chi connectivity index (χ1) is 17.8. The van der Waals surface area contributed by atoms with Gasteiger partial charge < -0.3 is 47.7 Å². The van der Waals surface area contributed by atoms with Crippen LogP contribution in [0.15, 0.2) is 0 Å². The first-order valence-corrected chi connectivity index (χ1v) is 13.3. The first-order valence-electron chi connectivity index (χ1n) is 12.7. The monoisotopic (exact) mass is 546 g/mol. The molecule has 0 atom stereocenters. The molecular formula is C24H47ClO11. The Labute approximate surface area is 220 Å². The van der Waals surface area contributed by atoms with Crippen LogP contribution in [0.2, 0.25) is 0 Å². The number of hydrogen-bond acceptors (Lipinski definition) is 10. The number of hydrogen-bond donors (Lipinski definition) is 1. The quantitative estimate of drug-likeness (QED) is 0.0985. The average Bonchev–Trinajstić information content (AvgIpc) is 2.87. The van der Waals surface area contributed by atoms with Gasteiger partial charge in [-0.05, 0) is 12.8 Å². The van der Waals surface area contributed by atoms with E-state index in [-0.39, 0.29) is 13.2 Å². The van der Waals surface area contributed by atoms with Gasteiger partial charge in [-0.3, -0.25) is 0 Å². The normalized spacial score (nSPS) is 11.4. The first kappa shape index (κ1) is 35.4. The van der Waals surface area contributed by atoms with Gasteiger partial charge in [0.25, 0.3) is 0 Å². The number of ether oxygens (including phenoxy) is 9. The molecule has 0 radical (unpaired) electrons. The van der Waals surface area contributed by atoms with Gasteiger partial charge in [0.05, 0.1) is 106 Å². The topological polar surface area (TPSA) is 120 Å². The van der Waals surface area contributed by atoms with Gasteiger partial charge >= 0.3 is 5.97 Å². The molecule has 11 nitrogen and oxygen atoms in total. The van der Waals surface area contributed by atoms with Crippen LogP contribution in [0.4, 0.5) is 0 Å². The van der Waals surface area contributed by atoms with E-state index in [1.807, 2.05) is 0 Å². The zero-order chi connectivity index (χ0) is 26.2. The highest BCUT2D eigenvalue weighted by Gasteiger charge is 1.97. The minimum atomic E-state index is -0.992. The van der Waals surface area contributed by atoms with Gasteiger partial charge in [0.1, 0.15) is 6.61 Å². The lowest BCUT2D eigenvalue weighted by Gasteiger charge is -2.08. The number of rotatable bonds is 32. The van der Waals surface area contributed by atoms with Crippen molar-refractivity contribution < 1.29 is 52.5 Å². The molecule has 0 spiro atoms. The Bertz CT molecular complexity index is 433. The average molecular weight is 547 g/mol. The molecule has 0 aliphatic carbocycles. The Morgan fingerprint density at radius 3 is 1.00 bits per heavy atom. The lowest BCUT2D eigenvalue weighted by molar-refractivity contribution is -0.142. The third-order valence-corrected chi connectivity index (χ3v) is 4.64. The molecule has 0 rings (SSSR count). The summed E-state index contributed by atoms with van der Waals surface area (Å²) in [6.45, 7) is 8.18. The summed E-state index contributed by atoms with van der Waals surface area (Å²) in [5.41, 5.74) is 0. The van der Waals surface area contributed by atoms with Crippen molar-refractivity contribution in [2.75, 3.05) is 125 Å². The van der Waals surface area contributed by atoms with Crippen LogP contribution in [-0.2, 0) is 47.4 Å². The number of carboxylic acids is 1. The second-order valence-corrected chi connectivity index (χ2v) is 7.83. The Balaban J connectivity index is 3.02. The third-order valence-electron chi connectivity index (χ3n) is 4.37. The lowest BCUT2D eigenvalue weighted by Crippen LogP contribution is -2.15. The second kappa shape index (κ2) is 32.4. The van der Waals surface area contributed by atoms with E-state index in [9.17, 15) is 4.79 Å². The molecule has 0 fully saturated rings. The van der Waals surface area contributed by atoms with E-state index in [1.165, 1.54) is 6.42 Å². The minimum absolute atomic E-state index is 0.247. The summed E-state index contributed by atoms with van der Waals surface area (Å²) in [7, 11) is 0. The molecule has 0 aliphatic heterocycles. The van der Waals surface area contributed by atoms with Crippen molar-refractivity contribution in [3.8, 4) is 0 Å². The third kappa shape index (κ3) is 33.4. The fraction of sp³-hybridized carbons (Fsp3) is 0.958. The van der Waals surface area contributed by atoms with Crippen LogP contribution in [0.1, 0.15) is 25.7 Å². The van der Waals surface area contributed by atoms with Crippen LogP contribution in [0.3, 0.4) is 0 Å². The summed E-state index contributed by atoms with van der Waals surface area (Å²) in [6, 6.07) is 0. The number of carbonyl (C=O) groups is 1. The predicted molar refractivity (Wildman–Crippen MR) is 134 cm³/mol. The van der Waals surface area contributed by atoms with Gasteiger partial charge in [0, 0.05) is 12.5 Å². The maximum Gasteiger partial charge on any atom is 0.329 e. The SMILES string of the molecule is O=C(O)COCCOCCOCCOCCOCCOCCOCCOCCOCCCCCCCl. The fourth-order valence-electron chi connectivity index (χ4n) is 2.57. The highest BCUT2D eigenvalue weighted by molar-refractivity contribution is 6.17. The zero-order valence-electron chi connectivity index (χ0n) is 21.7. The van der Waals surface area contributed by atoms with Gasteiger partial charge in [-0.25, -0.2) is 4.79 Å². The van der Waals surface area contributed by atoms with Crippen LogP contribution in [0.25, 0.3) is 0 Å². The zero-order valence-corrected chi connectivity index (χ0v) is 22.4. The van der Waals surface area contributed by atoms with E-state index in [2.05, 4.69) is 0 Å². The molecule has 0 bridgehead atoms. The molecule has 0 amide bonds. The van der Waals surface area contributed by atoms with Crippen molar-refractivity contribution in [1.82, 2.24) is 0 Å². The molecule has 12 heteroatoms. The molecule has 216 valence electrons. The molecule has 0 saturated carbocycles. The number of unbranched alkanes of at least 4 members (excludes halogenated alkanes) is 3. The minimum Gasteiger partial charge on any atom is -0.480 e. The molecule has 0 aliphatic rings. The van der Waals surface area contributed by atoms with Crippen molar-refractivity contribution in [3.05, 3.63) is 0 Å². The van der Waals surface area contributed by atoms with Gasteiger partial charge in [0.2, 0.25) is 0 Å². The van der Waals surface area contributed by atoms with E-state index >= 15 is 0 Å². The molecule has 0 aromatic heterocycles. The van der Waals surface area contributed by atoms with Crippen molar-refractivity contribution >= 4 is 17.6 Å². The Morgan fingerprint density at radius 2 is 0.694 bits per heavy atom. The van der Waals surface area contributed by atoms with Crippen molar-refractivity contribution in [3.63, 3.8) is 0 Å². The molecule has 0 aromatic carbocycles. The number of halogens is 1. The molecule has 36 heavy (non-hydrogen) atoms. The summed E-state index contributed by atoms with van der Waals surface area (Å²) in [4.78, 5) is 10.2. The molecule has 0 heterocycles. The molecular weight excluding hydrogens is 500 g/mol. The van der Waals surface area contributed by atoms with E-state index in [1.54, 1.807) is 0 Å². The van der Waals surface area contributed by atoms with Crippen LogP contribution in [0, 0.1) is 0 Å². The number of carboxylic acid groups (broad SMARTS) is 1.